The third-order valence-electron chi connectivity index (χ3n) is 5.14. The smallest absolute Gasteiger partial charge is 0.251 e. The molecule has 1 aliphatic rings. The van der Waals surface area contributed by atoms with E-state index in [0.29, 0.717) is 54.1 Å². The highest BCUT2D eigenvalue weighted by Crippen LogP contribution is 2.35. The lowest BCUT2D eigenvalue weighted by Gasteiger charge is -2.15. The zero-order valence-electron chi connectivity index (χ0n) is 20.0. The number of hydrogen-bond acceptors (Lipinski definition) is 8. The second-order valence-corrected chi connectivity index (χ2v) is 7.79. The summed E-state index contributed by atoms with van der Waals surface area (Å²) in [6, 6.07) is 19.6. The first-order valence-corrected chi connectivity index (χ1v) is 11.7. The molecular formula is C27H29NO8. The quantitative estimate of drug-likeness (QED) is 0.348. The van der Waals surface area contributed by atoms with Crippen LogP contribution >= 0.6 is 0 Å². The number of amides is 1. The molecule has 0 radical (unpaired) electrons. The SMILES string of the molecule is CCOc1cc(C(=O)NCC(O)COc2ccc3c(c2)OCO3)ccc1OCCOc1ccccc1. The molecule has 0 aromatic heterocycles. The molecule has 0 saturated carbocycles. The van der Waals surface area contributed by atoms with E-state index in [-0.39, 0.29) is 25.9 Å². The van der Waals surface area contributed by atoms with E-state index in [1.165, 1.54) is 0 Å². The Balaban J connectivity index is 1.24. The number of fused-ring (bicyclic) bond motifs is 1. The van der Waals surface area contributed by atoms with Gasteiger partial charge in [0.2, 0.25) is 6.79 Å². The zero-order valence-corrected chi connectivity index (χ0v) is 20.0. The van der Waals surface area contributed by atoms with E-state index < -0.39 is 6.10 Å². The van der Waals surface area contributed by atoms with Crippen LogP contribution in [0.25, 0.3) is 0 Å². The maximum absolute atomic E-state index is 12.6. The minimum atomic E-state index is -0.905. The van der Waals surface area contributed by atoms with Gasteiger partial charge >= 0.3 is 0 Å². The predicted octanol–water partition coefficient (Wildman–Crippen LogP) is 3.44. The predicted molar refractivity (Wildman–Crippen MR) is 131 cm³/mol. The van der Waals surface area contributed by atoms with E-state index in [9.17, 15) is 9.90 Å². The van der Waals surface area contributed by atoms with Gasteiger partial charge in [-0.1, -0.05) is 18.2 Å². The van der Waals surface area contributed by atoms with Crippen LogP contribution in [0.4, 0.5) is 0 Å². The molecule has 1 unspecified atom stereocenters. The first-order valence-electron chi connectivity index (χ1n) is 11.7. The first kappa shape index (κ1) is 25.0. The van der Waals surface area contributed by atoms with Gasteiger partial charge in [-0.05, 0) is 49.4 Å². The molecule has 1 amide bonds. The van der Waals surface area contributed by atoms with Gasteiger partial charge in [-0.3, -0.25) is 4.79 Å². The Morgan fingerprint density at radius 1 is 0.889 bits per heavy atom. The van der Waals surface area contributed by atoms with Crippen molar-refractivity contribution in [3.63, 3.8) is 0 Å². The largest absolute Gasteiger partial charge is 0.491 e. The normalized spacial score (nSPS) is 12.5. The van der Waals surface area contributed by atoms with E-state index in [1.54, 1.807) is 36.4 Å². The number of carbonyl (C=O) groups is 1. The number of para-hydroxylation sites is 1. The van der Waals surface area contributed by atoms with Crippen molar-refractivity contribution in [1.29, 1.82) is 0 Å². The maximum Gasteiger partial charge on any atom is 0.251 e. The van der Waals surface area contributed by atoms with E-state index in [0.717, 1.165) is 5.75 Å². The number of rotatable bonds is 13. The Labute approximate surface area is 209 Å². The number of benzene rings is 3. The van der Waals surface area contributed by atoms with Crippen molar-refractivity contribution in [2.45, 2.75) is 13.0 Å². The molecule has 1 atom stereocenters. The molecule has 0 bridgehead atoms. The van der Waals surface area contributed by atoms with Crippen molar-refractivity contribution in [2.24, 2.45) is 0 Å². The summed E-state index contributed by atoms with van der Waals surface area (Å²) >= 11 is 0. The van der Waals surface area contributed by atoms with Crippen LogP contribution in [0.3, 0.4) is 0 Å². The second-order valence-electron chi connectivity index (χ2n) is 7.79. The molecule has 190 valence electrons. The molecular weight excluding hydrogens is 466 g/mol. The van der Waals surface area contributed by atoms with Crippen LogP contribution in [-0.2, 0) is 0 Å². The van der Waals surface area contributed by atoms with Gasteiger partial charge in [0.05, 0.1) is 6.61 Å². The summed E-state index contributed by atoms with van der Waals surface area (Å²) in [5, 5.41) is 12.9. The van der Waals surface area contributed by atoms with Crippen LogP contribution in [0.5, 0.6) is 34.5 Å². The average molecular weight is 496 g/mol. The standard InChI is InChI=1S/C27H29NO8/c1-2-31-25-14-19(8-10-23(25)33-13-12-32-21-6-4-3-5-7-21)27(30)28-16-20(29)17-34-22-9-11-24-26(15-22)36-18-35-24/h3-11,14-15,20,29H,2,12-13,16-18H2,1H3,(H,28,30). The number of hydrogen-bond donors (Lipinski definition) is 2. The highest BCUT2D eigenvalue weighted by Gasteiger charge is 2.16. The van der Waals surface area contributed by atoms with Crippen molar-refractivity contribution in [1.82, 2.24) is 5.32 Å². The van der Waals surface area contributed by atoms with Gasteiger partial charge in [0, 0.05) is 18.2 Å². The summed E-state index contributed by atoms with van der Waals surface area (Å²) in [5.41, 5.74) is 0.384. The molecule has 0 fully saturated rings. The average Bonchev–Trinajstić information content (AvgIpc) is 3.38. The van der Waals surface area contributed by atoms with Crippen molar-refractivity contribution in [3.05, 3.63) is 72.3 Å². The van der Waals surface area contributed by atoms with E-state index in [1.807, 2.05) is 37.3 Å². The third kappa shape index (κ3) is 6.96. The monoisotopic (exact) mass is 495 g/mol. The van der Waals surface area contributed by atoms with Gasteiger partial charge in [0.15, 0.2) is 23.0 Å². The number of aliphatic hydroxyl groups excluding tert-OH is 1. The fourth-order valence-corrected chi connectivity index (χ4v) is 3.40. The third-order valence-corrected chi connectivity index (χ3v) is 5.14. The minimum absolute atomic E-state index is 0.00193. The fraction of sp³-hybridized carbons (Fsp3) is 0.296. The summed E-state index contributed by atoms with van der Waals surface area (Å²) in [5.74, 6) is 3.17. The Morgan fingerprint density at radius 3 is 2.53 bits per heavy atom. The van der Waals surface area contributed by atoms with E-state index in [4.69, 9.17) is 28.4 Å². The molecule has 3 aromatic rings. The molecule has 3 aromatic carbocycles. The summed E-state index contributed by atoms with van der Waals surface area (Å²) in [6.45, 7) is 3.14. The van der Waals surface area contributed by atoms with Gasteiger partial charge in [-0.15, -0.1) is 0 Å². The van der Waals surface area contributed by atoms with Crippen LogP contribution in [-0.4, -0.2) is 56.9 Å². The second kappa shape index (κ2) is 12.6. The highest BCUT2D eigenvalue weighted by molar-refractivity contribution is 5.94. The maximum atomic E-state index is 12.6. The van der Waals surface area contributed by atoms with Crippen LogP contribution in [0, 0.1) is 0 Å². The molecule has 9 heteroatoms. The van der Waals surface area contributed by atoms with Crippen molar-refractivity contribution >= 4 is 5.91 Å². The number of aliphatic hydroxyl groups is 1. The van der Waals surface area contributed by atoms with Crippen molar-refractivity contribution in [2.75, 3.05) is 39.8 Å². The van der Waals surface area contributed by atoms with Gasteiger partial charge in [-0.2, -0.15) is 0 Å². The molecule has 4 rings (SSSR count). The van der Waals surface area contributed by atoms with Crippen LogP contribution in [0.15, 0.2) is 66.7 Å². The first-order chi connectivity index (χ1) is 17.6. The van der Waals surface area contributed by atoms with Crippen LogP contribution < -0.4 is 33.7 Å². The van der Waals surface area contributed by atoms with Gasteiger partial charge in [-0.25, -0.2) is 0 Å². The highest BCUT2D eigenvalue weighted by atomic mass is 16.7. The lowest BCUT2D eigenvalue weighted by atomic mass is 10.2. The Kier molecular flexibility index (Phi) is 8.72. The van der Waals surface area contributed by atoms with Crippen LogP contribution in [0.1, 0.15) is 17.3 Å². The zero-order chi connectivity index (χ0) is 25.2. The lowest BCUT2D eigenvalue weighted by molar-refractivity contribution is 0.0843. The Morgan fingerprint density at radius 2 is 1.69 bits per heavy atom. The van der Waals surface area contributed by atoms with E-state index >= 15 is 0 Å². The summed E-state index contributed by atoms with van der Waals surface area (Å²) in [4.78, 5) is 12.6. The number of carbonyl (C=O) groups excluding carboxylic acids is 1. The Bertz CT molecular complexity index is 1140. The summed E-state index contributed by atoms with van der Waals surface area (Å²) in [7, 11) is 0. The summed E-state index contributed by atoms with van der Waals surface area (Å²) in [6.07, 6.45) is -0.905. The molecule has 1 aliphatic heterocycles. The minimum Gasteiger partial charge on any atom is -0.491 e. The number of nitrogens with one attached hydrogen (secondary N) is 1. The van der Waals surface area contributed by atoms with Crippen molar-refractivity contribution in [3.8, 4) is 34.5 Å². The molecule has 0 spiro atoms. The molecule has 1 heterocycles. The lowest BCUT2D eigenvalue weighted by Crippen LogP contribution is -2.35. The fourth-order valence-electron chi connectivity index (χ4n) is 3.40. The van der Waals surface area contributed by atoms with Gasteiger partial charge in [0.25, 0.3) is 5.91 Å². The molecule has 0 saturated heterocycles. The molecule has 36 heavy (non-hydrogen) atoms. The van der Waals surface area contributed by atoms with E-state index in [2.05, 4.69) is 5.32 Å². The molecule has 0 aliphatic carbocycles. The topological polar surface area (TPSA) is 105 Å². The van der Waals surface area contributed by atoms with Gasteiger partial charge in [0.1, 0.15) is 37.4 Å². The Hall–Kier alpha value is -4.11. The molecule has 9 nitrogen and oxygen atoms in total. The van der Waals surface area contributed by atoms with Crippen molar-refractivity contribution < 1.29 is 38.3 Å². The van der Waals surface area contributed by atoms with Gasteiger partial charge < -0.3 is 38.8 Å². The van der Waals surface area contributed by atoms with Crippen LogP contribution in [0.2, 0.25) is 0 Å². The molecule has 2 N–H and O–H groups in total. The summed E-state index contributed by atoms with van der Waals surface area (Å²) < 4.78 is 33.2. The number of ether oxygens (including phenoxy) is 6.